The fourth-order valence-electron chi connectivity index (χ4n) is 3.07. The molecule has 0 atom stereocenters. The Morgan fingerprint density at radius 2 is 0.864 bits per heavy atom. The molecule has 0 unspecified atom stereocenters. The summed E-state index contributed by atoms with van der Waals surface area (Å²) in [6.45, 7) is 4.00. The van der Waals surface area contributed by atoms with E-state index in [1.165, 1.54) is 15.6 Å². The average Bonchev–Trinajstić information content (AvgIpc) is 2.62. The molecule has 0 aliphatic rings. The molecule has 3 rings (SSSR count). The first-order valence-corrected chi connectivity index (χ1v) is 9.59. The molecule has 0 saturated heterocycles. The number of allylic oxidation sites excluding steroid dienone is 1. The van der Waals surface area contributed by atoms with Crippen molar-refractivity contribution in [2.45, 2.75) is 0 Å². The van der Waals surface area contributed by atoms with Crippen LogP contribution in [0.4, 0.5) is 0 Å². The van der Waals surface area contributed by atoms with Crippen LogP contribution >= 0.6 is 0 Å². The van der Waals surface area contributed by atoms with E-state index < -0.39 is 8.07 Å². The van der Waals surface area contributed by atoms with E-state index in [1.54, 1.807) is 0 Å². The number of rotatable bonds is 4. The zero-order valence-corrected chi connectivity index (χ0v) is 13.5. The number of hydrogen-bond acceptors (Lipinski definition) is 0. The van der Waals surface area contributed by atoms with Crippen LogP contribution in [-0.4, -0.2) is 8.07 Å². The van der Waals surface area contributed by atoms with Crippen molar-refractivity contribution in [2.24, 2.45) is 0 Å². The largest absolute Gasteiger partial charge is 0.172 e. The van der Waals surface area contributed by atoms with Crippen LogP contribution in [0.2, 0.25) is 0 Å². The molecule has 0 aliphatic carbocycles. The molecular formula is C21H19Si. The van der Waals surface area contributed by atoms with E-state index in [-0.39, 0.29) is 0 Å². The van der Waals surface area contributed by atoms with Crippen molar-refractivity contribution in [3.05, 3.63) is 110 Å². The maximum atomic E-state index is 4.00. The van der Waals surface area contributed by atoms with E-state index in [0.29, 0.717) is 0 Å². The van der Waals surface area contributed by atoms with Crippen LogP contribution in [0.5, 0.6) is 0 Å². The van der Waals surface area contributed by atoms with E-state index in [4.69, 9.17) is 0 Å². The molecule has 1 radical (unpaired) electrons. The summed E-state index contributed by atoms with van der Waals surface area (Å²) >= 11 is 0. The minimum absolute atomic E-state index is 1.38. The van der Waals surface area contributed by atoms with Gasteiger partial charge in [-0.15, -0.1) is 0 Å². The molecule has 0 saturated carbocycles. The van der Waals surface area contributed by atoms with Crippen molar-refractivity contribution < 1.29 is 0 Å². The van der Waals surface area contributed by atoms with Gasteiger partial charge in [-0.25, -0.2) is 0 Å². The Labute approximate surface area is 133 Å². The van der Waals surface area contributed by atoms with Gasteiger partial charge in [-0.1, -0.05) is 103 Å². The first-order chi connectivity index (χ1) is 10.9. The predicted molar refractivity (Wildman–Crippen MR) is 98.5 cm³/mol. The van der Waals surface area contributed by atoms with Crippen LogP contribution in [0.1, 0.15) is 0 Å². The quantitative estimate of drug-likeness (QED) is 0.513. The second-order valence-electron chi connectivity index (χ2n) is 5.31. The third kappa shape index (κ3) is 2.56. The Morgan fingerprint density at radius 1 is 0.545 bits per heavy atom. The highest BCUT2D eigenvalue weighted by Crippen LogP contribution is 2.09. The minimum Gasteiger partial charge on any atom is -0.0911 e. The zero-order chi connectivity index (χ0) is 15.3. The fourth-order valence-corrected chi connectivity index (χ4v) is 7.15. The monoisotopic (exact) mass is 299 g/mol. The van der Waals surface area contributed by atoms with Gasteiger partial charge < -0.3 is 0 Å². The highest BCUT2D eigenvalue weighted by molar-refractivity contribution is 7.14. The molecule has 0 aliphatic heterocycles. The minimum atomic E-state index is -2.17. The molecule has 0 aromatic heterocycles. The fraction of sp³-hybridized carbons (Fsp3) is 0. The van der Waals surface area contributed by atoms with Gasteiger partial charge in [0.2, 0.25) is 0 Å². The second-order valence-corrected chi connectivity index (χ2v) is 8.99. The standard InChI is InChI=1S/C21H19Si/c1-2-18-22(19-12-6-3-7-13-19,20-14-8-4-9-15-20)21-16-10-5-11-17-21/h2-18H,1H2. The normalized spacial score (nSPS) is 11.7. The summed E-state index contributed by atoms with van der Waals surface area (Å²) in [5, 5.41) is 4.15. The molecule has 0 spiro atoms. The van der Waals surface area contributed by atoms with Gasteiger partial charge in [0.05, 0.1) is 0 Å². The molecular weight excluding hydrogens is 280 g/mol. The molecule has 0 heterocycles. The summed E-state index contributed by atoms with van der Waals surface area (Å²) in [7, 11) is -2.17. The van der Waals surface area contributed by atoms with Gasteiger partial charge >= 0.3 is 0 Å². The SMILES string of the molecule is [CH2]C=C[Si](c1ccccc1)(c1ccccc1)c1ccccc1. The molecule has 3 aromatic rings. The first kappa shape index (κ1) is 14.5. The summed E-state index contributed by atoms with van der Waals surface area (Å²) in [4.78, 5) is 0. The predicted octanol–water partition coefficient (Wildman–Crippen LogP) is 3.09. The van der Waals surface area contributed by atoms with E-state index in [0.717, 1.165) is 0 Å². The third-order valence-electron chi connectivity index (χ3n) is 4.06. The summed E-state index contributed by atoms with van der Waals surface area (Å²) < 4.78 is 0. The first-order valence-electron chi connectivity index (χ1n) is 7.51. The average molecular weight is 299 g/mol. The molecule has 0 nitrogen and oxygen atoms in total. The number of hydrogen-bond donors (Lipinski definition) is 0. The van der Waals surface area contributed by atoms with E-state index in [1.807, 2.05) is 6.08 Å². The van der Waals surface area contributed by atoms with Gasteiger partial charge in [0.1, 0.15) is 0 Å². The van der Waals surface area contributed by atoms with Crippen LogP contribution in [0, 0.1) is 6.92 Å². The Kier molecular flexibility index (Phi) is 4.36. The topological polar surface area (TPSA) is 0 Å². The summed E-state index contributed by atoms with van der Waals surface area (Å²) in [5.41, 5.74) is 2.33. The Morgan fingerprint density at radius 3 is 1.14 bits per heavy atom. The van der Waals surface area contributed by atoms with E-state index in [2.05, 4.69) is 104 Å². The molecule has 0 fully saturated rings. The van der Waals surface area contributed by atoms with Crippen LogP contribution < -0.4 is 15.6 Å². The van der Waals surface area contributed by atoms with Gasteiger partial charge in [0.15, 0.2) is 8.07 Å². The lowest BCUT2D eigenvalue weighted by molar-refractivity contribution is 1.68. The van der Waals surface area contributed by atoms with Crippen LogP contribution in [-0.2, 0) is 0 Å². The third-order valence-corrected chi connectivity index (χ3v) is 8.52. The highest BCUT2D eigenvalue weighted by atomic mass is 28.3. The van der Waals surface area contributed by atoms with Crippen molar-refractivity contribution in [1.29, 1.82) is 0 Å². The van der Waals surface area contributed by atoms with Gasteiger partial charge in [0.25, 0.3) is 0 Å². The van der Waals surface area contributed by atoms with Crippen LogP contribution in [0.15, 0.2) is 103 Å². The molecule has 3 aromatic carbocycles. The molecule has 107 valence electrons. The lowest BCUT2D eigenvalue weighted by atomic mass is 10.3. The lowest BCUT2D eigenvalue weighted by Crippen LogP contribution is -2.66. The number of benzene rings is 3. The Hall–Kier alpha value is -2.38. The van der Waals surface area contributed by atoms with E-state index in [9.17, 15) is 0 Å². The highest BCUT2D eigenvalue weighted by Gasteiger charge is 2.36. The summed E-state index contributed by atoms with van der Waals surface area (Å²) in [5.74, 6) is 0. The zero-order valence-electron chi connectivity index (χ0n) is 12.5. The van der Waals surface area contributed by atoms with Crippen molar-refractivity contribution >= 4 is 23.6 Å². The van der Waals surface area contributed by atoms with Crippen LogP contribution in [0.3, 0.4) is 0 Å². The van der Waals surface area contributed by atoms with Gasteiger partial charge in [-0.3, -0.25) is 0 Å². The van der Waals surface area contributed by atoms with Crippen molar-refractivity contribution in [3.63, 3.8) is 0 Å². The maximum absolute atomic E-state index is 4.00. The molecule has 0 bridgehead atoms. The smallest absolute Gasteiger partial charge is 0.0911 e. The molecule has 1 heteroatoms. The van der Waals surface area contributed by atoms with E-state index >= 15 is 0 Å². The second kappa shape index (κ2) is 6.59. The van der Waals surface area contributed by atoms with Gasteiger partial charge in [-0.2, -0.15) is 0 Å². The lowest BCUT2D eigenvalue weighted by Gasteiger charge is -2.30. The van der Waals surface area contributed by atoms with Crippen molar-refractivity contribution in [2.75, 3.05) is 0 Å². The summed E-state index contributed by atoms with van der Waals surface area (Å²) in [6.07, 6.45) is 1.96. The molecule has 0 amide bonds. The van der Waals surface area contributed by atoms with Gasteiger partial charge in [-0.05, 0) is 22.5 Å². The van der Waals surface area contributed by atoms with Crippen molar-refractivity contribution in [1.82, 2.24) is 0 Å². The van der Waals surface area contributed by atoms with Crippen molar-refractivity contribution in [3.8, 4) is 0 Å². The maximum Gasteiger partial charge on any atom is 0.172 e. The Bertz CT molecular complexity index is 634. The van der Waals surface area contributed by atoms with Crippen LogP contribution in [0.25, 0.3) is 0 Å². The Balaban J connectivity index is 2.34. The van der Waals surface area contributed by atoms with Gasteiger partial charge in [0, 0.05) is 0 Å². The molecule has 0 N–H and O–H groups in total. The summed E-state index contributed by atoms with van der Waals surface area (Å²) in [6, 6.07) is 32.4. The molecule has 22 heavy (non-hydrogen) atoms.